The first kappa shape index (κ1) is 19.3. The standard InChI is InChI=1S/C22H21Br2NO/c23-19-11-16(12-20(24)13-19)14-26-15-21(25)22(17-7-3-1-4-8-17)18-9-5-2-6-10-18/h1-13,21-22H,14-15,25H2. The van der Waals surface area contributed by atoms with E-state index in [1.165, 1.54) is 11.1 Å². The maximum Gasteiger partial charge on any atom is 0.0718 e. The molecule has 3 rings (SSSR count). The molecule has 1 atom stereocenters. The van der Waals surface area contributed by atoms with E-state index in [9.17, 15) is 0 Å². The third kappa shape index (κ3) is 5.27. The van der Waals surface area contributed by atoms with Crippen LogP contribution in [0.4, 0.5) is 0 Å². The van der Waals surface area contributed by atoms with Gasteiger partial charge in [0.1, 0.15) is 0 Å². The molecule has 134 valence electrons. The minimum atomic E-state index is -0.129. The van der Waals surface area contributed by atoms with Gasteiger partial charge in [0.05, 0.1) is 13.2 Å². The van der Waals surface area contributed by atoms with Crippen molar-refractivity contribution >= 4 is 31.9 Å². The lowest BCUT2D eigenvalue weighted by molar-refractivity contribution is 0.104. The molecule has 26 heavy (non-hydrogen) atoms. The summed E-state index contributed by atoms with van der Waals surface area (Å²) in [4.78, 5) is 0. The van der Waals surface area contributed by atoms with Crippen molar-refractivity contribution < 1.29 is 4.74 Å². The van der Waals surface area contributed by atoms with Crippen LogP contribution in [0.15, 0.2) is 87.8 Å². The highest BCUT2D eigenvalue weighted by Crippen LogP contribution is 2.27. The highest BCUT2D eigenvalue weighted by atomic mass is 79.9. The minimum Gasteiger partial charge on any atom is -0.375 e. The molecule has 4 heteroatoms. The average molecular weight is 475 g/mol. The largest absolute Gasteiger partial charge is 0.375 e. The second-order valence-corrected chi connectivity index (χ2v) is 8.09. The predicted molar refractivity (Wildman–Crippen MR) is 114 cm³/mol. The van der Waals surface area contributed by atoms with Gasteiger partial charge in [-0.25, -0.2) is 0 Å². The molecule has 3 aromatic carbocycles. The van der Waals surface area contributed by atoms with Crippen LogP contribution < -0.4 is 5.73 Å². The summed E-state index contributed by atoms with van der Waals surface area (Å²) < 4.78 is 8.01. The molecule has 3 aromatic rings. The molecule has 0 saturated heterocycles. The predicted octanol–water partition coefficient (Wildman–Crippen LogP) is 5.89. The molecule has 0 spiro atoms. The monoisotopic (exact) mass is 473 g/mol. The molecular formula is C22H21Br2NO. The number of rotatable bonds is 7. The van der Waals surface area contributed by atoms with E-state index in [2.05, 4.69) is 92.5 Å². The molecule has 0 aliphatic rings. The first-order valence-corrected chi connectivity index (χ1v) is 10.1. The zero-order chi connectivity index (χ0) is 18.4. The molecule has 0 fully saturated rings. The van der Waals surface area contributed by atoms with Gasteiger partial charge in [-0.2, -0.15) is 0 Å². The highest BCUT2D eigenvalue weighted by Gasteiger charge is 2.21. The van der Waals surface area contributed by atoms with E-state index in [0.717, 1.165) is 14.5 Å². The third-order valence-corrected chi connectivity index (χ3v) is 5.16. The van der Waals surface area contributed by atoms with Gasteiger partial charge < -0.3 is 10.5 Å². The van der Waals surface area contributed by atoms with Crippen molar-refractivity contribution in [2.24, 2.45) is 5.73 Å². The van der Waals surface area contributed by atoms with E-state index in [-0.39, 0.29) is 12.0 Å². The van der Waals surface area contributed by atoms with Crippen LogP contribution in [0.5, 0.6) is 0 Å². The molecule has 0 aliphatic carbocycles. The Kier molecular flexibility index (Phi) is 7.03. The lowest BCUT2D eigenvalue weighted by Gasteiger charge is -2.25. The maximum absolute atomic E-state index is 6.56. The fourth-order valence-corrected chi connectivity index (χ4v) is 4.50. The Morgan fingerprint density at radius 2 is 1.27 bits per heavy atom. The van der Waals surface area contributed by atoms with E-state index in [0.29, 0.717) is 13.2 Å². The van der Waals surface area contributed by atoms with Crippen LogP contribution in [0.2, 0.25) is 0 Å². The molecule has 2 N–H and O–H groups in total. The van der Waals surface area contributed by atoms with Gasteiger partial charge in [-0.15, -0.1) is 0 Å². The van der Waals surface area contributed by atoms with Crippen LogP contribution in [0.25, 0.3) is 0 Å². The zero-order valence-electron chi connectivity index (χ0n) is 14.3. The van der Waals surface area contributed by atoms with Gasteiger partial charge in [-0.3, -0.25) is 0 Å². The average Bonchev–Trinajstić information content (AvgIpc) is 2.63. The van der Waals surface area contributed by atoms with Gasteiger partial charge >= 0.3 is 0 Å². The normalized spacial score (nSPS) is 12.3. The van der Waals surface area contributed by atoms with Crippen LogP contribution in [0.3, 0.4) is 0 Å². The number of nitrogens with two attached hydrogens (primary N) is 1. The summed E-state index contributed by atoms with van der Waals surface area (Å²) in [6, 6.07) is 26.8. The first-order chi connectivity index (χ1) is 12.6. The van der Waals surface area contributed by atoms with Crippen molar-refractivity contribution in [1.29, 1.82) is 0 Å². The topological polar surface area (TPSA) is 35.2 Å². The number of hydrogen-bond acceptors (Lipinski definition) is 2. The molecule has 0 aliphatic heterocycles. The fraction of sp³-hybridized carbons (Fsp3) is 0.182. The van der Waals surface area contributed by atoms with Crippen LogP contribution in [-0.2, 0) is 11.3 Å². The van der Waals surface area contributed by atoms with E-state index in [1.54, 1.807) is 0 Å². The molecule has 0 radical (unpaired) electrons. The Hall–Kier alpha value is -1.46. The summed E-state index contributed by atoms with van der Waals surface area (Å²) in [7, 11) is 0. The summed E-state index contributed by atoms with van der Waals surface area (Å²) in [5.74, 6) is 0.103. The molecule has 0 heterocycles. The van der Waals surface area contributed by atoms with Crippen LogP contribution in [0.1, 0.15) is 22.6 Å². The van der Waals surface area contributed by atoms with Gasteiger partial charge in [0.2, 0.25) is 0 Å². The smallest absolute Gasteiger partial charge is 0.0718 e. The van der Waals surface area contributed by atoms with Crippen molar-refractivity contribution in [1.82, 2.24) is 0 Å². The molecule has 1 unspecified atom stereocenters. The van der Waals surface area contributed by atoms with Gasteiger partial charge in [-0.1, -0.05) is 92.5 Å². The summed E-state index contributed by atoms with van der Waals surface area (Å²) in [5.41, 5.74) is 10.1. The number of benzene rings is 3. The Bertz CT molecular complexity index is 764. The van der Waals surface area contributed by atoms with E-state index < -0.39 is 0 Å². The van der Waals surface area contributed by atoms with Crippen LogP contribution >= 0.6 is 31.9 Å². The second kappa shape index (κ2) is 9.47. The Balaban J connectivity index is 1.71. The highest BCUT2D eigenvalue weighted by molar-refractivity contribution is 9.11. The SMILES string of the molecule is NC(COCc1cc(Br)cc(Br)c1)C(c1ccccc1)c1ccccc1. The molecule has 0 amide bonds. The van der Waals surface area contributed by atoms with E-state index in [1.807, 2.05) is 18.2 Å². The second-order valence-electron chi connectivity index (χ2n) is 6.26. The summed E-state index contributed by atoms with van der Waals surface area (Å²) >= 11 is 7.02. The molecule has 2 nitrogen and oxygen atoms in total. The Labute approximate surface area is 171 Å². The number of hydrogen-bond donors (Lipinski definition) is 1. The minimum absolute atomic E-state index is 0.103. The lowest BCUT2D eigenvalue weighted by atomic mass is 9.86. The summed E-state index contributed by atoms with van der Waals surface area (Å²) in [6.07, 6.45) is 0. The van der Waals surface area contributed by atoms with Crippen molar-refractivity contribution in [3.8, 4) is 0 Å². The Morgan fingerprint density at radius 1 is 0.769 bits per heavy atom. The maximum atomic E-state index is 6.56. The van der Waals surface area contributed by atoms with Crippen LogP contribution in [0, 0.1) is 0 Å². The van der Waals surface area contributed by atoms with Gasteiger partial charge in [-0.05, 0) is 34.9 Å². The third-order valence-electron chi connectivity index (χ3n) is 4.25. The van der Waals surface area contributed by atoms with Crippen molar-refractivity contribution in [3.05, 3.63) is 104 Å². The van der Waals surface area contributed by atoms with Crippen molar-refractivity contribution in [3.63, 3.8) is 0 Å². The van der Waals surface area contributed by atoms with Gasteiger partial charge in [0.15, 0.2) is 0 Å². The van der Waals surface area contributed by atoms with Crippen molar-refractivity contribution in [2.45, 2.75) is 18.6 Å². The fourth-order valence-electron chi connectivity index (χ4n) is 3.11. The number of ether oxygens (including phenoxy) is 1. The first-order valence-electron chi connectivity index (χ1n) is 8.51. The zero-order valence-corrected chi connectivity index (χ0v) is 17.5. The van der Waals surface area contributed by atoms with Crippen molar-refractivity contribution in [2.75, 3.05) is 6.61 Å². The van der Waals surface area contributed by atoms with Gasteiger partial charge in [0, 0.05) is 20.9 Å². The number of halogens is 2. The molecule has 0 aromatic heterocycles. The molecular weight excluding hydrogens is 454 g/mol. The molecule has 0 saturated carbocycles. The van der Waals surface area contributed by atoms with Gasteiger partial charge in [0.25, 0.3) is 0 Å². The van der Waals surface area contributed by atoms with E-state index in [4.69, 9.17) is 10.5 Å². The summed E-state index contributed by atoms with van der Waals surface area (Å²) in [6.45, 7) is 1.01. The molecule has 0 bridgehead atoms. The van der Waals surface area contributed by atoms with Crippen LogP contribution in [-0.4, -0.2) is 12.6 Å². The van der Waals surface area contributed by atoms with E-state index >= 15 is 0 Å². The Morgan fingerprint density at radius 3 is 1.77 bits per heavy atom. The quantitative estimate of drug-likeness (QED) is 0.463. The summed E-state index contributed by atoms with van der Waals surface area (Å²) in [5, 5.41) is 0. The lowest BCUT2D eigenvalue weighted by Crippen LogP contribution is -2.34.